The first-order chi connectivity index (χ1) is 28.9. The van der Waals surface area contributed by atoms with Crippen molar-refractivity contribution >= 4 is 55.4 Å². The van der Waals surface area contributed by atoms with E-state index in [2.05, 4.69) is 198 Å². The number of benzene rings is 3. The van der Waals surface area contributed by atoms with Crippen LogP contribution in [0.25, 0.3) is 10.1 Å². The van der Waals surface area contributed by atoms with Crippen molar-refractivity contribution < 1.29 is 0 Å². The molecule has 0 fully saturated rings. The number of hydrogen-bond donors (Lipinski definition) is 0. The molecule has 2 nitrogen and oxygen atoms in total. The largest absolute Gasteiger partial charge is 0.334 e. The Balaban J connectivity index is 1.28. The number of hydrogen-bond acceptors (Lipinski definition) is 3. The fraction of sp³-hybridized carbons (Fsp3) is 0.483. The van der Waals surface area contributed by atoms with Gasteiger partial charge in [-0.05, 0) is 141 Å². The van der Waals surface area contributed by atoms with Crippen LogP contribution in [0.1, 0.15) is 162 Å². The van der Waals surface area contributed by atoms with Gasteiger partial charge in [0.2, 0.25) is 6.71 Å². The van der Waals surface area contributed by atoms with E-state index in [9.17, 15) is 0 Å². The number of aryl methyl sites for hydroxylation is 1. The van der Waals surface area contributed by atoms with E-state index >= 15 is 0 Å². The topological polar surface area (TPSA) is 6.48 Å². The molecule has 7 aliphatic rings. The Bertz CT molecular complexity index is 2830. The summed E-state index contributed by atoms with van der Waals surface area (Å²) in [6, 6.07) is 18.1. The molecule has 0 saturated heterocycles. The summed E-state index contributed by atoms with van der Waals surface area (Å²) in [5.74, 6) is 0.237. The van der Waals surface area contributed by atoms with Gasteiger partial charge in [0.15, 0.2) is 0 Å². The van der Waals surface area contributed by atoms with Crippen LogP contribution in [0.2, 0.25) is 5.82 Å². The Hall–Kier alpha value is -4.02. The second-order valence-electron chi connectivity index (χ2n) is 24.9. The van der Waals surface area contributed by atoms with Crippen molar-refractivity contribution in [3.63, 3.8) is 0 Å². The fourth-order valence-corrected chi connectivity index (χ4v) is 14.5. The summed E-state index contributed by atoms with van der Waals surface area (Å²) in [5, 5.41) is 1.41. The lowest BCUT2D eigenvalue weighted by Gasteiger charge is -2.59. The Labute approximate surface area is 378 Å². The van der Waals surface area contributed by atoms with Gasteiger partial charge >= 0.3 is 0 Å². The van der Waals surface area contributed by atoms with Crippen molar-refractivity contribution in [1.29, 1.82) is 0 Å². The van der Waals surface area contributed by atoms with E-state index < -0.39 is 0 Å². The van der Waals surface area contributed by atoms with Crippen molar-refractivity contribution in [2.75, 3.05) is 9.80 Å². The van der Waals surface area contributed by atoms with Gasteiger partial charge in [-0.15, -0.1) is 11.3 Å². The first kappa shape index (κ1) is 40.7. The third kappa shape index (κ3) is 5.47. The average Bonchev–Trinajstić information content (AvgIpc) is 3.43. The smallest absolute Gasteiger partial charge is 0.239 e. The average molecular weight is 837 g/mol. The van der Waals surface area contributed by atoms with Crippen LogP contribution in [0.4, 0.5) is 17.1 Å². The third-order valence-electron chi connectivity index (χ3n) is 17.2. The minimum absolute atomic E-state index is 0.0355. The maximum atomic E-state index is 2.96. The predicted octanol–water partition coefficient (Wildman–Crippen LogP) is 14.6. The second-order valence-corrected chi connectivity index (χ2v) is 25.9. The first-order valence-corrected chi connectivity index (χ1v) is 24.8. The van der Waals surface area contributed by atoms with Gasteiger partial charge in [-0.3, -0.25) is 0 Å². The molecular formula is C58H69BN2S. The van der Waals surface area contributed by atoms with Crippen LogP contribution in [0, 0.1) is 17.8 Å². The molecule has 0 bridgehead atoms. The lowest BCUT2D eigenvalue weighted by molar-refractivity contribution is 0.326. The Morgan fingerprint density at radius 1 is 0.694 bits per heavy atom. The van der Waals surface area contributed by atoms with Crippen molar-refractivity contribution in [3.05, 3.63) is 134 Å². The van der Waals surface area contributed by atoms with E-state index in [1.165, 1.54) is 86.5 Å². The lowest BCUT2D eigenvalue weighted by atomic mass is 9.30. The second kappa shape index (κ2) is 12.6. The molecule has 3 aliphatic heterocycles. The molecule has 0 saturated carbocycles. The molecule has 1 aromatic heterocycles. The van der Waals surface area contributed by atoms with Gasteiger partial charge in [0, 0.05) is 55.3 Å². The molecule has 320 valence electrons. The van der Waals surface area contributed by atoms with Crippen molar-refractivity contribution in [2.24, 2.45) is 10.8 Å². The molecular weight excluding hydrogens is 768 g/mol. The summed E-state index contributed by atoms with van der Waals surface area (Å²) in [7, 11) is 0. The van der Waals surface area contributed by atoms with Crippen molar-refractivity contribution in [2.45, 2.75) is 169 Å². The van der Waals surface area contributed by atoms with Gasteiger partial charge in [0.05, 0.1) is 11.7 Å². The molecule has 62 heavy (non-hydrogen) atoms. The van der Waals surface area contributed by atoms with Crippen LogP contribution < -0.4 is 20.0 Å². The van der Waals surface area contributed by atoms with Gasteiger partial charge in [0.25, 0.3) is 0 Å². The Morgan fingerprint density at radius 2 is 1.35 bits per heavy atom. The minimum atomic E-state index is -0.0714. The number of rotatable bonds is 1. The molecule has 3 aromatic carbocycles. The first-order valence-electron chi connectivity index (χ1n) is 23.9. The highest BCUT2D eigenvalue weighted by atomic mass is 32.1. The molecule has 11 rings (SSSR count). The van der Waals surface area contributed by atoms with E-state index in [4.69, 9.17) is 0 Å². The molecule has 3 atom stereocenters. The summed E-state index contributed by atoms with van der Waals surface area (Å²) >= 11 is 2.08. The van der Waals surface area contributed by atoms with Crippen LogP contribution in [0.3, 0.4) is 0 Å². The number of allylic oxidation sites excluding steroid dienone is 7. The number of fused-ring (bicyclic) bond motifs is 10. The van der Waals surface area contributed by atoms with E-state index in [0.717, 1.165) is 6.42 Å². The molecule has 0 N–H and O–H groups in total. The highest BCUT2D eigenvalue weighted by Crippen LogP contribution is 2.64. The van der Waals surface area contributed by atoms with Crippen molar-refractivity contribution in [1.82, 2.24) is 0 Å². The van der Waals surface area contributed by atoms with Crippen LogP contribution in [0.15, 0.2) is 101 Å². The Morgan fingerprint density at radius 3 is 2.05 bits per heavy atom. The third-order valence-corrected chi connectivity index (χ3v) is 18.4. The zero-order valence-corrected chi connectivity index (χ0v) is 41.3. The monoisotopic (exact) mass is 837 g/mol. The minimum Gasteiger partial charge on any atom is -0.334 e. The SMILES string of the molecule is CC1=C(N2C3=CC(C(C)(C)C)=CC4C3B(c3ccc5c6c3N4c3cc4c(cc3C6(C)CCC5(C)C)C(C)(C)CCC4(C)C)c3sc4ccc(C)cc4c32)CC=CC(C(C)(C)C)=C1. The number of nitrogens with zero attached hydrogens (tertiary/aromatic N) is 2. The van der Waals surface area contributed by atoms with E-state index in [1.54, 1.807) is 38.1 Å². The zero-order chi connectivity index (χ0) is 44.0. The summed E-state index contributed by atoms with van der Waals surface area (Å²) in [6.07, 6.45) is 18.5. The standard InChI is InChI=1S/C58H69BN2S/c1-33-19-22-47-37(27-33)50-52(62-47)59-42-21-20-38-48-51(42)61(44-32-40-39(56(11,12)23-24-57(40,13)14)31-41(44)58(48,15)26-25-55(38,9)10)46-30-36(54(6,7)8)29-45(49(46)59)60(50)43-18-16-17-35(28-34(43)2)53(3,4)5/h16-17,19-22,27-32,46,49H,18,23-26H2,1-15H3. The van der Waals surface area contributed by atoms with E-state index in [0.29, 0.717) is 0 Å². The van der Waals surface area contributed by atoms with Gasteiger partial charge in [0.1, 0.15) is 0 Å². The lowest BCUT2D eigenvalue weighted by Crippen LogP contribution is -2.65. The maximum absolute atomic E-state index is 2.96. The molecule has 0 radical (unpaired) electrons. The maximum Gasteiger partial charge on any atom is 0.239 e. The van der Waals surface area contributed by atoms with Crippen LogP contribution in [-0.2, 0) is 21.7 Å². The van der Waals surface area contributed by atoms with Crippen LogP contribution in [-0.4, -0.2) is 12.8 Å². The summed E-state index contributed by atoms with van der Waals surface area (Å²) < 4.78 is 2.95. The van der Waals surface area contributed by atoms with Crippen LogP contribution >= 0.6 is 11.3 Å². The molecule has 4 aliphatic carbocycles. The molecule has 0 amide bonds. The highest BCUT2D eigenvalue weighted by Gasteiger charge is 2.59. The van der Waals surface area contributed by atoms with Gasteiger partial charge in [-0.1, -0.05) is 144 Å². The van der Waals surface area contributed by atoms with Crippen molar-refractivity contribution in [3.8, 4) is 0 Å². The van der Waals surface area contributed by atoms with Gasteiger partial charge in [-0.25, -0.2) is 0 Å². The summed E-state index contributed by atoms with van der Waals surface area (Å²) in [4.78, 5) is 5.78. The quantitative estimate of drug-likeness (QED) is 0.176. The predicted molar refractivity (Wildman–Crippen MR) is 270 cm³/mol. The zero-order valence-electron chi connectivity index (χ0n) is 40.5. The summed E-state index contributed by atoms with van der Waals surface area (Å²) in [6.45, 7) is 37.1. The molecule has 0 spiro atoms. The van der Waals surface area contributed by atoms with E-state index in [1.807, 2.05) is 0 Å². The fourth-order valence-electron chi connectivity index (χ4n) is 13.2. The summed E-state index contributed by atoms with van der Waals surface area (Å²) in [5.41, 5.74) is 22.7. The Kier molecular flexibility index (Phi) is 8.29. The van der Waals surface area contributed by atoms with E-state index in [-0.39, 0.29) is 51.1 Å². The molecule has 4 aromatic rings. The molecule has 3 unspecified atom stereocenters. The van der Waals surface area contributed by atoms with Gasteiger partial charge in [-0.2, -0.15) is 0 Å². The normalized spacial score (nSPS) is 26.2. The molecule has 4 heteroatoms. The number of thiophene rings is 1. The highest BCUT2D eigenvalue weighted by molar-refractivity contribution is 7.32. The number of anilines is 3. The van der Waals surface area contributed by atoms with Crippen LogP contribution in [0.5, 0.6) is 0 Å². The van der Waals surface area contributed by atoms with Gasteiger partial charge < -0.3 is 9.80 Å². The molecule has 4 heterocycles.